The highest BCUT2D eigenvalue weighted by atomic mass is 32.2. The molecule has 0 atom stereocenters. The second kappa shape index (κ2) is 8.06. The fraction of sp³-hybridized carbons (Fsp3) is 0.286. The molecule has 0 radical (unpaired) electrons. The highest BCUT2D eigenvalue weighted by molar-refractivity contribution is 8.18. The lowest BCUT2D eigenvalue weighted by atomic mass is 10.2. The zero-order valence-electron chi connectivity index (χ0n) is 16.4. The Hall–Kier alpha value is -2.80. The molecular weight excluding hydrogens is 374 g/mol. The summed E-state index contributed by atoms with van der Waals surface area (Å²) < 4.78 is 2.14. The van der Waals surface area contributed by atoms with E-state index in [4.69, 9.17) is 0 Å². The van der Waals surface area contributed by atoms with Crippen LogP contribution in [0.1, 0.15) is 29.4 Å². The normalized spacial score (nSPS) is 15.6. The van der Waals surface area contributed by atoms with Gasteiger partial charge in [-0.25, -0.2) is 0 Å². The minimum absolute atomic E-state index is 0.301. The highest BCUT2D eigenvalue weighted by Crippen LogP contribution is 2.33. The summed E-state index contributed by atoms with van der Waals surface area (Å²) in [5.41, 5.74) is 4.64. The molecule has 1 saturated heterocycles. The van der Waals surface area contributed by atoms with E-state index in [-0.39, 0.29) is 6.54 Å². The molecule has 2 heterocycles. The third-order valence-electron chi connectivity index (χ3n) is 4.81. The summed E-state index contributed by atoms with van der Waals surface area (Å²) >= 11 is 0.869. The topological polar surface area (TPSA) is 71.4 Å². The summed E-state index contributed by atoms with van der Waals surface area (Å²) in [6, 6.07) is 9.35. The van der Waals surface area contributed by atoms with Gasteiger partial charge in [0.15, 0.2) is 0 Å². The van der Waals surface area contributed by atoms with Crippen LogP contribution in [0.2, 0.25) is 0 Å². The summed E-state index contributed by atoms with van der Waals surface area (Å²) in [5, 5.41) is 2.32. The van der Waals surface area contributed by atoms with Crippen LogP contribution >= 0.6 is 11.8 Å². The van der Waals surface area contributed by atoms with Crippen molar-refractivity contribution in [3.63, 3.8) is 0 Å². The molecule has 7 heteroatoms. The molecule has 0 saturated carbocycles. The van der Waals surface area contributed by atoms with Crippen LogP contribution in [0.15, 0.2) is 35.2 Å². The second-order valence-corrected chi connectivity index (χ2v) is 7.69. The van der Waals surface area contributed by atoms with Crippen molar-refractivity contribution in [1.29, 1.82) is 0 Å². The molecule has 1 aromatic heterocycles. The molecule has 1 fully saturated rings. The van der Waals surface area contributed by atoms with Gasteiger partial charge in [0.1, 0.15) is 6.54 Å². The third kappa shape index (κ3) is 3.89. The smallest absolute Gasteiger partial charge is 0.294 e. The van der Waals surface area contributed by atoms with Crippen molar-refractivity contribution in [2.75, 3.05) is 11.9 Å². The van der Waals surface area contributed by atoms with Crippen molar-refractivity contribution in [1.82, 2.24) is 9.47 Å². The number of imide groups is 1. The number of aryl methyl sites for hydroxylation is 2. The van der Waals surface area contributed by atoms with E-state index >= 15 is 0 Å². The van der Waals surface area contributed by atoms with Crippen LogP contribution < -0.4 is 5.32 Å². The van der Waals surface area contributed by atoms with E-state index < -0.39 is 17.1 Å². The number of para-hydroxylation sites is 1. The second-order valence-electron chi connectivity index (χ2n) is 6.70. The van der Waals surface area contributed by atoms with Gasteiger partial charge >= 0.3 is 0 Å². The summed E-state index contributed by atoms with van der Waals surface area (Å²) in [4.78, 5) is 38.6. The highest BCUT2D eigenvalue weighted by Gasteiger charge is 2.36. The number of hydrogen-bond acceptors (Lipinski definition) is 4. The third-order valence-corrected chi connectivity index (χ3v) is 5.72. The standard InChI is InChI=1S/C21H23N3O3S/c1-5-23-14(3)10-16(15(23)4)11-18-20(26)24(21(27)28-18)12-19(25)22-17-9-7-6-8-13(17)2/h6-11H,5,12H2,1-4H3,(H,22,25)/b18-11-. The number of hydrogen-bond donors (Lipinski definition) is 1. The summed E-state index contributed by atoms with van der Waals surface area (Å²) in [7, 11) is 0. The summed E-state index contributed by atoms with van der Waals surface area (Å²) in [6.07, 6.45) is 1.73. The maximum Gasteiger partial charge on any atom is 0.294 e. The molecule has 6 nitrogen and oxygen atoms in total. The maximum absolute atomic E-state index is 12.7. The lowest BCUT2D eigenvalue weighted by molar-refractivity contribution is -0.127. The lowest BCUT2D eigenvalue weighted by Gasteiger charge is -2.13. The molecule has 2 aromatic rings. The van der Waals surface area contributed by atoms with Crippen molar-refractivity contribution in [2.24, 2.45) is 0 Å². The molecule has 28 heavy (non-hydrogen) atoms. The molecule has 3 amide bonds. The number of thioether (sulfide) groups is 1. The van der Waals surface area contributed by atoms with Gasteiger partial charge in [0, 0.05) is 23.6 Å². The zero-order chi connectivity index (χ0) is 20.4. The first-order valence-electron chi connectivity index (χ1n) is 9.09. The number of rotatable bonds is 5. The number of nitrogens with one attached hydrogen (secondary N) is 1. The maximum atomic E-state index is 12.7. The van der Waals surface area contributed by atoms with Crippen LogP contribution in [0.25, 0.3) is 6.08 Å². The van der Waals surface area contributed by atoms with Gasteiger partial charge < -0.3 is 9.88 Å². The Balaban J connectivity index is 1.75. The van der Waals surface area contributed by atoms with E-state index in [9.17, 15) is 14.4 Å². The summed E-state index contributed by atoms with van der Waals surface area (Å²) in [5.74, 6) is -0.835. The first-order chi connectivity index (χ1) is 13.3. The molecule has 1 aliphatic rings. The number of carbonyl (C=O) groups is 3. The Morgan fingerprint density at radius 1 is 1.18 bits per heavy atom. The first-order valence-corrected chi connectivity index (χ1v) is 9.91. The van der Waals surface area contributed by atoms with E-state index in [1.807, 2.05) is 45.0 Å². The number of aromatic nitrogens is 1. The average Bonchev–Trinajstić information content (AvgIpc) is 3.06. The molecule has 1 N–H and O–H groups in total. The van der Waals surface area contributed by atoms with Crippen molar-refractivity contribution in [2.45, 2.75) is 34.2 Å². The van der Waals surface area contributed by atoms with Crippen LogP contribution in [-0.2, 0) is 16.1 Å². The van der Waals surface area contributed by atoms with Gasteiger partial charge in [0.2, 0.25) is 5.91 Å². The zero-order valence-corrected chi connectivity index (χ0v) is 17.2. The van der Waals surface area contributed by atoms with E-state index in [0.717, 1.165) is 45.7 Å². The van der Waals surface area contributed by atoms with Gasteiger partial charge in [-0.1, -0.05) is 18.2 Å². The van der Waals surface area contributed by atoms with Crippen LogP contribution in [0, 0.1) is 20.8 Å². The minimum Gasteiger partial charge on any atom is -0.349 e. The Bertz CT molecular complexity index is 991. The Kier molecular flexibility index (Phi) is 5.74. The Morgan fingerprint density at radius 2 is 1.89 bits per heavy atom. The minimum atomic E-state index is -0.434. The molecule has 0 aliphatic carbocycles. The van der Waals surface area contributed by atoms with Crippen molar-refractivity contribution < 1.29 is 14.4 Å². The number of benzene rings is 1. The quantitative estimate of drug-likeness (QED) is 0.771. The van der Waals surface area contributed by atoms with Crippen LogP contribution in [0.3, 0.4) is 0 Å². The van der Waals surface area contributed by atoms with Gasteiger partial charge in [0.05, 0.1) is 4.91 Å². The van der Waals surface area contributed by atoms with E-state index in [2.05, 4.69) is 16.8 Å². The van der Waals surface area contributed by atoms with Crippen molar-refractivity contribution in [3.8, 4) is 0 Å². The van der Waals surface area contributed by atoms with Gasteiger partial charge in [0.25, 0.3) is 11.1 Å². The number of amides is 3. The Morgan fingerprint density at radius 3 is 2.54 bits per heavy atom. The van der Waals surface area contributed by atoms with Crippen molar-refractivity contribution in [3.05, 3.63) is 57.8 Å². The van der Waals surface area contributed by atoms with Crippen LogP contribution in [-0.4, -0.2) is 33.1 Å². The molecule has 0 spiro atoms. The van der Waals surface area contributed by atoms with Crippen molar-refractivity contribution >= 4 is 40.6 Å². The van der Waals surface area contributed by atoms with E-state index in [0.29, 0.717) is 10.6 Å². The van der Waals surface area contributed by atoms with Crippen LogP contribution in [0.5, 0.6) is 0 Å². The predicted molar refractivity (Wildman–Crippen MR) is 112 cm³/mol. The van der Waals surface area contributed by atoms with Gasteiger partial charge in [-0.3, -0.25) is 19.3 Å². The predicted octanol–water partition coefficient (Wildman–Crippen LogP) is 4.11. The molecule has 146 valence electrons. The summed E-state index contributed by atoms with van der Waals surface area (Å²) in [6.45, 7) is 8.48. The molecule has 1 aliphatic heterocycles. The largest absolute Gasteiger partial charge is 0.349 e. The SMILES string of the molecule is CCn1c(C)cc(/C=C2\SC(=O)N(CC(=O)Nc3ccccc3C)C2=O)c1C. The van der Waals surface area contributed by atoms with Crippen LogP contribution in [0.4, 0.5) is 10.5 Å². The van der Waals surface area contributed by atoms with E-state index in [1.165, 1.54) is 0 Å². The van der Waals surface area contributed by atoms with E-state index in [1.54, 1.807) is 12.1 Å². The fourth-order valence-corrected chi connectivity index (χ4v) is 4.11. The van der Waals surface area contributed by atoms with Gasteiger partial charge in [-0.05, 0) is 68.8 Å². The number of anilines is 1. The molecule has 3 rings (SSSR count). The molecule has 0 unspecified atom stereocenters. The van der Waals surface area contributed by atoms with Gasteiger partial charge in [-0.15, -0.1) is 0 Å². The number of carbonyl (C=O) groups excluding carboxylic acids is 3. The first kappa shape index (κ1) is 19.9. The average molecular weight is 398 g/mol. The van der Waals surface area contributed by atoms with Gasteiger partial charge in [-0.2, -0.15) is 0 Å². The Labute approximate surface area is 168 Å². The monoisotopic (exact) mass is 397 g/mol. The molecule has 1 aromatic carbocycles. The molecular formula is C21H23N3O3S. The fourth-order valence-electron chi connectivity index (χ4n) is 3.28. The number of nitrogens with zero attached hydrogens (tertiary/aromatic N) is 2. The molecule has 0 bridgehead atoms. The lowest BCUT2D eigenvalue weighted by Crippen LogP contribution is -2.36.